The molecule has 3 N–H and O–H groups in total. The number of carbonyl (C=O) groups is 2. The number of allylic oxidation sites excluding steroid dienone is 1. The summed E-state index contributed by atoms with van der Waals surface area (Å²) >= 11 is 0. The highest BCUT2D eigenvalue weighted by molar-refractivity contribution is 6.01. The van der Waals surface area contributed by atoms with Gasteiger partial charge in [-0.2, -0.15) is 5.10 Å². The molecule has 0 unspecified atom stereocenters. The highest BCUT2D eigenvalue weighted by Crippen LogP contribution is 2.15. The van der Waals surface area contributed by atoms with E-state index in [4.69, 9.17) is 15.2 Å². The van der Waals surface area contributed by atoms with Crippen LogP contribution < -0.4 is 26.2 Å². The van der Waals surface area contributed by atoms with Crippen molar-refractivity contribution in [2.24, 2.45) is 12.8 Å². The predicted octanol–water partition coefficient (Wildman–Crippen LogP) is 0.515. The molecule has 1 atom stereocenters. The Morgan fingerprint density at radius 3 is 2.78 bits per heavy atom. The minimum atomic E-state index is -0.623. The van der Waals surface area contributed by atoms with E-state index in [0.717, 1.165) is 0 Å². The van der Waals surface area contributed by atoms with Crippen molar-refractivity contribution < 1.29 is 19.1 Å². The summed E-state index contributed by atoms with van der Waals surface area (Å²) in [6.07, 6.45) is 6.15. The molecular weight excluding hydrogens is 410 g/mol. The summed E-state index contributed by atoms with van der Waals surface area (Å²) in [7, 11) is 1.81. The van der Waals surface area contributed by atoms with E-state index in [1.165, 1.54) is 0 Å². The third-order valence-corrected chi connectivity index (χ3v) is 5.03. The Bertz CT molecular complexity index is 1170. The topological polar surface area (TPSA) is 121 Å². The average molecular weight is 440 g/mol. The number of nitrogens with one attached hydrogen (secondary N) is 1. The van der Waals surface area contributed by atoms with Crippen LogP contribution in [0.1, 0.15) is 33.6 Å². The van der Waals surface area contributed by atoms with Crippen LogP contribution in [0.25, 0.3) is 23.9 Å². The normalized spacial score (nSPS) is 17.3. The lowest BCUT2D eigenvalue weighted by Crippen LogP contribution is -2.35. The maximum Gasteiger partial charge on any atom is 0.252 e. The molecule has 9 heteroatoms. The highest BCUT2D eigenvalue weighted by Gasteiger charge is 2.21. The Kier molecular flexibility index (Phi) is 6.97. The molecule has 3 rings (SSSR count). The minimum Gasteiger partial charge on any atom is -0.495 e. The molecule has 0 radical (unpaired) electrons. The largest absolute Gasteiger partial charge is 0.495 e. The van der Waals surface area contributed by atoms with Crippen molar-refractivity contribution in [3.8, 4) is 17.1 Å². The molecule has 0 spiro atoms. The fraction of sp³-hybridized carbons (Fsp3) is 0.391. The molecule has 32 heavy (non-hydrogen) atoms. The molecule has 1 aliphatic rings. The van der Waals surface area contributed by atoms with Gasteiger partial charge in [0, 0.05) is 36.6 Å². The van der Waals surface area contributed by atoms with E-state index >= 15 is 0 Å². The predicted molar refractivity (Wildman–Crippen MR) is 120 cm³/mol. The number of hydrogen-bond acceptors (Lipinski definition) is 6. The number of primary amides is 1. The number of rotatable bonds is 8. The molecule has 0 bridgehead atoms. The first-order valence-corrected chi connectivity index (χ1v) is 10.4. The number of nitrogens with two attached hydrogens (primary N) is 1. The second kappa shape index (κ2) is 9.67. The van der Waals surface area contributed by atoms with Gasteiger partial charge >= 0.3 is 0 Å². The van der Waals surface area contributed by atoms with Gasteiger partial charge in [-0.25, -0.2) is 4.98 Å². The molecule has 1 saturated heterocycles. The van der Waals surface area contributed by atoms with Gasteiger partial charge in [0.1, 0.15) is 12.4 Å². The van der Waals surface area contributed by atoms with E-state index in [1.807, 2.05) is 33.2 Å². The number of ether oxygens (including phenoxy) is 2. The van der Waals surface area contributed by atoms with Gasteiger partial charge in [0.25, 0.3) is 5.91 Å². The molecule has 2 aromatic rings. The van der Waals surface area contributed by atoms with Crippen molar-refractivity contribution in [1.82, 2.24) is 20.1 Å². The molecule has 3 heterocycles. The number of nitrogens with zero attached hydrogens (tertiary/aromatic N) is 3. The summed E-state index contributed by atoms with van der Waals surface area (Å²) < 4.78 is 13.3. The maximum atomic E-state index is 12.2. The highest BCUT2D eigenvalue weighted by atomic mass is 16.5. The smallest absolute Gasteiger partial charge is 0.252 e. The summed E-state index contributed by atoms with van der Waals surface area (Å²) in [4.78, 5) is 28.1. The van der Waals surface area contributed by atoms with Gasteiger partial charge in [-0.3, -0.25) is 14.3 Å². The molecule has 1 aliphatic heterocycles. The van der Waals surface area contributed by atoms with Gasteiger partial charge in [-0.1, -0.05) is 6.58 Å². The summed E-state index contributed by atoms with van der Waals surface area (Å²) in [6, 6.07) is 1.77. The number of pyridine rings is 1. The van der Waals surface area contributed by atoms with Crippen LogP contribution in [-0.2, 0) is 21.4 Å². The molecule has 2 aromatic heterocycles. The van der Waals surface area contributed by atoms with Crippen molar-refractivity contribution in [1.29, 1.82) is 0 Å². The fourth-order valence-corrected chi connectivity index (χ4v) is 3.49. The minimum absolute atomic E-state index is 0.0118. The van der Waals surface area contributed by atoms with Crippen LogP contribution in [0.2, 0.25) is 0 Å². The van der Waals surface area contributed by atoms with E-state index in [1.54, 1.807) is 23.9 Å². The van der Waals surface area contributed by atoms with Crippen LogP contribution in [0.4, 0.5) is 0 Å². The molecular formula is C23H29N5O4. The third-order valence-electron chi connectivity index (χ3n) is 5.03. The van der Waals surface area contributed by atoms with E-state index in [-0.39, 0.29) is 30.2 Å². The van der Waals surface area contributed by atoms with Gasteiger partial charge in [0.2, 0.25) is 11.8 Å². The van der Waals surface area contributed by atoms with Crippen molar-refractivity contribution in [3.05, 3.63) is 40.2 Å². The summed E-state index contributed by atoms with van der Waals surface area (Å²) in [6.45, 7) is 9.86. The monoisotopic (exact) mass is 439 g/mol. The number of amides is 2. The standard InChI is InChI=1S/C23H29N5O4/c1-13(2)32-15(4)18(22(24)30)10-17-14(3)23(31-12-16-6-7-21(29)26-16)25-11-19(17)20-8-9-28(5)27-20/h8-11,13,16H,3,6-7,12H2,1-2,4-5H3,(H2,24,30)(H,26,29)/b17-10+,18-15-/t16-/m0/s1. The Morgan fingerprint density at radius 2 is 2.22 bits per heavy atom. The first kappa shape index (κ1) is 23.1. The zero-order valence-corrected chi connectivity index (χ0v) is 18.8. The van der Waals surface area contributed by atoms with Gasteiger partial charge in [-0.15, -0.1) is 0 Å². The Labute approximate surface area is 186 Å². The summed E-state index contributed by atoms with van der Waals surface area (Å²) in [5.74, 6) is 0.107. The first-order chi connectivity index (χ1) is 15.2. The van der Waals surface area contributed by atoms with Crippen LogP contribution in [0.15, 0.2) is 29.8 Å². The van der Waals surface area contributed by atoms with E-state index in [9.17, 15) is 9.59 Å². The first-order valence-electron chi connectivity index (χ1n) is 10.4. The second-order valence-corrected chi connectivity index (χ2v) is 8.00. The van der Waals surface area contributed by atoms with Gasteiger partial charge in [0.05, 0.1) is 23.4 Å². The lowest BCUT2D eigenvalue weighted by Gasteiger charge is -2.14. The van der Waals surface area contributed by atoms with Crippen molar-refractivity contribution >= 4 is 24.5 Å². The summed E-state index contributed by atoms with van der Waals surface area (Å²) in [5, 5.41) is 8.39. The lowest BCUT2D eigenvalue weighted by atomic mass is 10.1. The Morgan fingerprint density at radius 1 is 1.47 bits per heavy atom. The second-order valence-electron chi connectivity index (χ2n) is 8.00. The van der Waals surface area contributed by atoms with Gasteiger partial charge in [-0.05, 0) is 44.6 Å². The summed E-state index contributed by atoms with van der Waals surface area (Å²) in [5.41, 5.74) is 7.22. The van der Waals surface area contributed by atoms with Crippen molar-refractivity contribution in [2.75, 3.05) is 6.61 Å². The Hall–Kier alpha value is -3.62. The zero-order chi connectivity index (χ0) is 23.4. The molecule has 0 aliphatic carbocycles. The molecule has 170 valence electrons. The molecule has 1 fully saturated rings. The number of aromatic nitrogens is 3. The van der Waals surface area contributed by atoms with Crippen molar-refractivity contribution in [3.63, 3.8) is 0 Å². The van der Waals surface area contributed by atoms with Gasteiger partial charge < -0.3 is 20.5 Å². The SMILES string of the molecule is C=c1c(OC[C@@H]2CCC(=O)N2)ncc(-c2ccn(C)n2)/c1=C/C(C(N)=O)=C(\C)OC(C)C. The van der Waals surface area contributed by atoms with Crippen molar-refractivity contribution in [2.45, 2.75) is 45.8 Å². The van der Waals surface area contributed by atoms with E-state index in [0.29, 0.717) is 46.2 Å². The van der Waals surface area contributed by atoms with Crippen LogP contribution in [0, 0.1) is 0 Å². The third kappa shape index (κ3) is 5.35. The number of aryl methyl sites for hydroxylation is 1. The molecule has 0 saturated carbocycles. The lowest BCUT2D eigenvalue weighted by molar-refractivity contribution is -0.119. The maximum absolute atomic E-state index is 12.2. The van der Waals surface area contributed by atoms with Crippen LogP contribution >= 0.6 is 0 Å². The Balaban J connectivity index is 2.11. The van der Waals surface area contributed by atoms with Crippen LogP contribution in [0.5, 0.6) is 5.88 Å². The number of hydrogen-bond donors (Lipinski definition) is 2. The fourth-order valence-electron chi connectivity index (χ4n) is 3.49. The zero-order valence-electron chi connectivity index (χ0n) is 18.8. The van der Waals surface area contributed by atoms with Crippen LogP contribution in [0.3, 0.4) is 0 Å². The van der Waals surface area contributed by atoms with E-state index in [2.05, 4.69) is 22.0 Å². The van der Waals surface area contributed by atoms with Gasteiger partial charge in [0.15, 0.2) is 0 Å². The molecule has 2 amide bonds. The van der Waals surface area contributed by atoms with E-state index < -0.39 is 5.91 Å². The quantitative estimate of drug-likeness (QED) is 0.457. The number of carbonyl (C=O) groups excluding carboxylic acids is 2. The molecule has 0 aromatic carbocycles. The molecule has 9 nitrogen and oxygen atoms in total. The average Bonchev–Trinajstić information content (AvgIpc) is 3.33. The van der Waals surface area contributed by atoms with Crippen LogP contribution in [-0.4, -0.2) is 45.3 Å².